The van der Waals surface area contributed by atoms with Gasteiger partial charge in [-0.2, -0.15) is 10.2 Å². The number of ether oxygens (including phenoxy) is 4. The van der Waals surface area contributed by atoms with Gasteiger partial charge in [0.05, 0.1) is 47.9 Å². The third-order valence-electron chi connectivity index (χ3n) is 8.30. The van der Waals surface area contributed by atoms with Crippen molar-refractivity contribution in [2.75, 3.05) is 26.4 Å². The Morgan fingerprint density at radius 3 is 1.58 bits per heavy atom. The number of nitrogens with zero attached hydrogens (tertiary/aromatic N) is 4. The number of nitrogens with one attached hydrogen (secondary N) is 1. The van der Waals surface area contributed by atoms with Crippen LogP contribution in [-0.4, -0.2) is 57.7 Å². The predicted molar refractivity (Wildman–Crippen MR) is 207 cm³/mol. The number of aryl methyl sites for hydroxylation is 2. The van der Waals surface area contributed by atoms with E-state index in [0.717, 1.165) is 35.4 Å². The predicted octanol–water partition coefficient (Wildman–Crippen LogP) is 7.34. The number of rotatable bonds is 5. The Hall–Kier alpha value is -4.26. The standard InChI is InChI=1S/C19H24ClN3O3.C10H12ClNO2.C10H16N2O/c1-19(2,3)16-10-14(23(4)22-16)18(24)21-11-12-8-13(20)17-15(9-12)25-6-5-7-26-17;11-8-4-7(6-12)5-9-10(8)14-3-1-2-13-9;1-7(13)8-6-9(10(2,3)4)11-12(8)5/h8-10H,5-7,11H2,1-4H3,(H,21,24);4-5H,1-3,6,12H2;6H,1-5H3. The minimum absolute atomic E-state index is 0.00542. The fourth-order valence-corrected chi connectivity index (χ4v) is 5.85. The zero-order valence-electron chi connectivity index (χ0n) is 32.2. The second-order valence-corrected chi connectivity index (χ2v) is 15.7. The summed E-state index contributed by atoms with van der Waals surface area (Å²) in [5.41, 5.74) is 10.3. The highest BCUT2D eigenvalue weighted by Gasteiger charge is 2.23. The summed E-state index contributed by atoms with van der Waals surface area (Å²) in [5, 5.41) is 12.7. The summed E-state index contributed by atoms with van der Waals surface area (Å²) in [6.45, 7) is 17.3. The van der Waals surface area contributed by atoms with Crippen LogP contribution in [0.2, 0.25) is 10.0 Å². The minimum atomic E-state index is -0.182. The van der Waals surface area contributed by atoms with E-state index in [4.69, 9.17) is 47.9 Å². The average molecular weight is 772 g/mol. The Morgan fingerprint density at radius 1 is 0.717 bits per heavy atom. The van der Waals surface area contributed by atoms with E-state index in [-0.39, 0.29) is 22.5 Å². The molecule has 2 aromatic carbocycles. The third-order valence-corrected chi connectivity index (χ3v) is 8.86. The molecule has 0 aliphatic carbocycles. The topological polar surface area (TPSA) is 145 Å². The van der Waals surface area contributed by atoms with Crippen molar-refractivity contribution >= 4 is 34.9 Å². The van der Waals surface area contributed by atoms with Crippen LogP contribution in [0.15, 0.2) is 36.4 Å². The number of fused-ring (bicyclic) bond motifs is 2. The first-order valence-electron chi connectivity index (χ1n) is 17.6. The van der Waals surface area contributed by atoms with E-state index in [0.29, 0.717) is 83.9 Å². The van der Waals surface area contributed by atoms with Crippen LogP contribution in [0.25, 0.3) is 0 Å². The molecule has 0 saturated heterocycles. The lowest BCUT2D eigenvalue weighted by Gasteiger charge is -2.13. The smallest absolute Gasteiger partial charge is 0.269 e. The van der Waals surface area contributed by atoms with Gasteiger partial charge in [0.1, 0.15) is 11.4 Å². The largest absolute Gasteiger partial charge is 0.489 e. The molecule has 0 radical (unpaired) electrons. The molecule has 288 valence electrons. The number of carbonyl (C=O) groups excluding carboxylic acids is 2. The molecule has 6 rings (SSSR count). The number of aromatic nitrogens is 4. The second kappa shape index (κ2) is 17.7. The highest BCUT2D eigenvalue weighted by Crippen LogP contribution is 2.39. The van der Waals surface area contributed by atoms with Crippen molar-refractivity contribution in [3.8, 4) is 23.0 Å². The van der Waals surface area contributed by atoms with Gasteiger partial charge < -0.3 is 30.0 Å². The van der Waals surface area contributed by atoms with Crippen LogP contribution < -0.4 is 30.0 Å². The fourth-order valence-electron chi connectivity index (χ4n) is 5.27. The summed E-state index contributed by atoms with van der Waals surface area (Å²) in [6.07, 6.45) is 1.69. The SMILES string of the molecule is CC(=O)c1cc(C(C)(C)C)nn1C.Cn1nc(C(C)(C)C)cc1C(=O)NCc1cc(Cl)c2c(c1)OCCCO2.NCc1cc(Cl)c2c(c1)OCCCO2. The summed E-state index contributed by atoms with van der Waals surface area (Å²) in [5.74, 6) is 2.41. The van der Waals surface area contributed by atoms with Crippen LogP contribution in [0.4, 0.5) is 0 Å². The maximum atomic E-state index is 12.5. The molecule has 0 bridgehead atoms. The molecular weight excluding hydrogens is 719 g/mol. The molecule has 4 heterocycles. The first-order chi connectivity index (χ1) is 24.9. The van der Waals surface area contributed by atoms with Crippen molar-refractivity contribution in [3.05, 3.63) is 80.3 Å². The van der Waals surface area contributed by atoms with Gasteiger partial charge in [-0.05, 0) is 47.5 Å². The van der Waals surface area contributed by atoms with Crippen molar-refractivity contribution in [3.63, 3.8) is 0 Å². The first kappa shape index (κ1) is 41.5. The first-order valence-corrected chi connectivity index (χ1v) is 18.4. The van der Waals surface area contributed by atoms with Gasteiger partial charge >= 0.3 is 0 Å². The molecular formula is C39H52Cl2N6O6. The van der Waals surface area contributed by atoms with Gasteiger partial charge in [-0.1, -0.05) is 64.7 Å². The minimum Gasteiger partial charge on any atom is -0.489 e. The van der Waals surface area contributed by atoms with Crippen LogP contribution in [-0.2, 0) is 38.0 Å². The van der Waals surface area contributed by atoms with E-state index < -0.39 is 0 Å². The quantitative estimate of drug-likeness (QED) is 0.199. The molecule has 0 spiro atoms. The maximum Gasteiger partial charge on any atom is 0.269 e. The summed E-state index contributed by atoms with van der Waals surface area (Å²) in [4.78, 5) is 23.7. The number of benzene rings is 2. The zero-order valence-corrected chi connectivity index (χ0v) is 33.7. The van der Waals surface area contributed by atoms with Gasteiger partial charge in [-0.15, -0.1) is 0 Å². The third kappa shape index (κ3) is 11.1. The van der Waals surface area contributed by atoms with Gasteiger partial charge in [0, 0.05) is 57.8 Å². The number of nitrogens with two attached hydrogens (primary N) is 1. The van der Waals surface area contributed by atoms with Crippen molar-refractivity contribution in [2.24, 2.45) is 19.8 Å². The van der Waals surface area contributed by atoms with Gasteiger partial charge in [0.15, 0.2) is 28.8 Å². The van der Waals surface area contributed by atoms with E-state index in [1.54, 1.807) is 36.4 Å². The summed E-state index contributed by atoms with van der Waals surface area (Å²) in [6, 6.07) is 11.0. The van der Waals surface area contributed by atoms with Crippen LogP contribution in [0.5, 0.6) is 23.0 Å². The van der Waals surface area contributed by atoms with Crippen LogP contribution in [0.3, 0.4) is 0 Å². The van der Waals surface area contributed by atoms with E-state index in [1.165, 1.54) is 0 Å². The highest BCUT2D eigenvalue weighted by atomic mass is 35.5. The Morgan fingerprint density at radius 2 is 1.15 bits per heavy atom. The fraction of sp³-hybridized carbons (Fsp3) is 0.487. The van der Waals surface area contributed by atoms with Gasteiger partial charge in [-0.3, -0.25) is 19.0 Å². The number of carbonyl (C=O) groups is 2. The van der Waals surface area contributed by atoms with E-state index >= 15 is 0 Å². The molecule has 0 atom stereocenters. The van der Waals surface area contributed by atoms with Crippen LogP contribution in [0, 0.1) is 0 Å². The summed E-state index contributed by atoms with van der Waals surface area (Å²) in [7, 11) is 3.57. The molecule has 53 heavy (non-hydrogen) atoms. The Balaban J connectivity index is 0.000000196. The number of Topliss-reactive ketones (excluding diaryl/α,β-unsaturated/α-hetero) is 1. The van der Waals surface area contributed by atoms with Gasteiger partial charge in [-0.25, -0.2) is 0 Å². The zero-order chi connectivity index (χ0) is 39.1. The average Bonchev–Trinajstić information content (AvgIpc) is 3.48. The molecule has 0 unspecified atom stereocenters. The number of hydrogen-bond donors (Lipinski definition) is 2. The lowest BCUT2D eigenvalue weighted by Crippen LogP contribution is -2.25. The van der Waals surface area contributed by atoms with Crippen molar-refractivity contribution < 1.29 is 28.5 Å². The van der Waals surface area contributed by atoms with Crippen molar-refractivity contribution in [1.29, 1.82) is 0 Å². The molecule has 1 amide bonds. The van der Waals surface area contributed by atoms with E-state index in [9.17, 15) is 9.59 Å². The number of halogens is 2. The molecule has 12 nitrogen and oxygen atoms in total. The van der Waals surface area contributed by atoms with Crippen molar-refractivity contribution in [2.45, 2.75) is 85.2 Å². The normalized spacial score (nSPS) is 13.7. The monoisotopic (exact) mass is 770 g/mol. The summed E-state index contributed by atoms with van der Waals surface area (Å²) < 4.78 is 25.5. The Kier molecular flexibility index (Phi) is 13.9. The lowest BCUT2D eigenvalue weighted by atomic mass is 9.92. The van der Waals surface area contributed by atoms with Gasteiger partial charge in [0.25, 0.3) is 5.91 Å². The number of ketones is 1. The molecule has 14 heteroatoms. The molecule has 2 aliphatic rings. The van der Waals surface area contributed by atoms with E-state index in [1.807, 2.05) is 30.3 Å². The molecule has 0 saturated carbocycles. The van der Waals surface area contributed by atoms with Crippen LogP contribution >= 0.6 is 23.2 Å². The van der Waals surface area contributed by atoms with Gasteiger partial charge in [0.2, 0.25) is 0 Å². The highest BCUT2D eigenvalue weighted by molar-refractivity contribution is 6.32. The molecule has 2 aromatic heterocycles. The lowest BCUT2D eigenvalue weighted by molar-refractivity contribution is 0.0940. The number of hydrogen-bond acceptors (Lipinski definition) is 9. The maximum absolute atomic E-state index is 12.5. The molecule has 4 aromatic rings. The molecule has 2 aliphatic heterocycles. The summed E-state index contributed by atoms with van der Waals surface area (Å²) >= 11 is 12.3. The number of amides is 1. The second-order valence-electron chi connectivity index (χ2n) is 14.9. The molecule has 3 N–H and O–H groups in total. The van der Waals surface area contributed by atoms with Crippen molar-refractivity contribution in [1.82, 2.24) is 24.9 Å². The Bertz CT molecular complexity index is 1910. The van der Waals surface area contributed by atoms with Crippen LogP contribution in [0.1, 0.15) is 105 Å². The molecule has 0 fully saturated rings. The van der Waals surface area contributed by atoms with E-state index in [2.05, 4.69) is 57.1 Å². The Labute approximate surface area is 322 Å².